The first-order chi connectivity index (χ1) is 7.68. The average Bonchev–Trinajstić information content (AvgIpc) is 2.68. The molecular weight excluding hydrogens is 204 g/mol. The second-order valence-electron chi connectivity index (χ2n) is 4.04. The fourth-order valence-electron chi connectivity index (χ4n) is 1.43. The summed E-state index contributed by atoms with van der Waals surface area (Å²) in [5.41, 5.74) is 5.52. The van der Waals surface area contributed by atoms with Gasteiger partial charge in [-0.3, -0.25) is 4.79 Å². The molecule has 0 aliphatic rings. The topological polar surface area (TPSA) is 72.9 Å². The first kappa shape index (κ1) is 12.7. The van der Waals surface area contributed by atoms with Crippen LogP contribution in [0.1, 0.15) is 26.2 Å². The highest BCUT2D eigenvalue weighted by atomic mass is 16.1. The van der Waals surface area contributed by atoms with Crippen molar-refractivity contribution in [3.05, 3.63) is 18.7 Å². The normalized spacial score (nSPS) is 12.4. The SMILES string of the molecule is CC(N)CC(=O)NCCCCn1ccnc1. The smallest absolute Gasteiger partial charge is 0.221 e. The number of rotatable bonds is 7. The van der Waals surface area contributed by atoms with Crippen LogP contribution in [0, 0.1) is 0 Å². The minimum Gasteiger partial charge on any atom is -0.356 e. The fraction of sp³-hybridized carbons (Fsp3) is 0.636. The number of carbonyl (C=O) groups excluding carboxylic acids is 1. The molecule has 0 aromatic carbocycles. The van der Waals surface area contributed by atoms with Crippen LogP contribution >= 0.6 is 0 Å². The van der Waals surface area contributed by atoms with E-state index in [9.17, 15) is 4.79 Å². The number of aromatic nitrogens is 2. The Kier molecular flexibility index (Phi) is 5.56. The monoisotopic (exact) mass is 224 g/mol. The third kappa shape index (κ3) is 5.50. The van der Waals surface area contributed by atoms with Crippen molar-refractivity contribution in [3.63, 3.8) is 0 Å². The summed E-state index contributed by atoms with van der Waals surface area (Å²) in [7, 11) is 0. The number of hydrogen-bond donors (Lipinski definition) is 2. The van der Waals surface area contributed by atoms with Gasteiger partial charge in [-0.2, -0.15) is 0 Å². The number of aryl methyl sites for hydroxylation is 1. The zero-order valence-electron chi connectivity index (χ0n) is 9.72. The second kappa shape index (κ2) is 7.00. The third-order valence-electron chi connectivity index (χ3n) is 2.23. The number of unbranched alkanes of at least 4 members (excludes halogenated alkanes) is 1. The molecule has 0 aliphatic heterocycles. The largest absolute Gasteiger partial charge is 0.356 e. The standard InChI is InChI=1S/C11H20N4O/c1-10(12)8-11(16)14-4-2-3-6-15-7-5-13-9-15/h5,7,9-10H,2-4,6,8,12H2,1H3,(H,14,16). The van der Waals surface area contributed by atoms with Gasteiger partial charge in [0.2, 0.25) is 5.91 Å². The van der Waals surface area contributed by atoms with Crippen molar-refractivity contribution in [3.8, 4) is 0 Å². The molecule has 0 fully saturated rings. The third-order valence-corrected chi connectivity index (χ3v) is 2.23. The van der Waals surface area contributed by atoms with Crippen molar-refractivity contribution >= 4 is 5.91 Å². The highest BCUT2D eigenvalue weighted by Crippen LogP contribution is 1.94. The first-order valence-corrected chi connectivity index (χ1v) is 5.66. The van der Waals surface area contributed by atoms with Crippen molar-refractivity contribution < 1.29 is 4.79 Å². The Morgan fingerprint density at radius 2 is 2.38 bits per heavy atom. The molecule has 90 valence electrons. The Balaban J connectivity index is 1.98. The fourth-order valence-corrected chi connectivity index (χ4v) is 1.43. The van der Waals surface area contributed by atoms with E-state index in [1.807, 2.05) is 17.7 Å². The van der Waals surface area contributed by atoms with Crippen LogP contribution < -0.4 is 11.1 Å². The van der Waals surface area contributed by atoms with Crippen LogP contribution in [0.25, 0.3) is 0 Å². The van der Waals surface area contributed by atoms with E-state index in [0.29, 0.717) is 6.42 Å². The number of imidazole rings is 1. The van der Waals surface area contributed by atoms with Crippen LogP contribution in [0.15, 0.2) is 18.7 Å². The van der Waals surface area contributed by atoms with E-state index in [1.165, 1.54) is 0 Å². The predicted octanol–water partition coefficient (Wildman–Crippen LogP) is 0.517. The summed E-state index contributed by atoms with van der Waals surface area (Å²) < 4.78 is 2.03. The van der Waals surface area contributed by atoms with E-state index in [2.05, 4.69) is 10.3 Å². The summed E-state index contributed by atoms with van der Waals surface area (Å²) in [5, 5.41) is 2.85. The Labute approximate surface area is 96.0 Å². The van der Waals surface area contributed by atoms with E-state index < -0.39 is 0 Å². The second-order valence-corrected chi connectivity index (χ2v) is 4.04. The molecule has 0 saturated heterocycles. The molecule has 1 aromatic rings. The number of nitrogens with one attached hydrogen (secondary N) is 1. The Bertz CT molecular complexity index is 295. The zero-order chi connectivity index (χ0) is 11.8. The van der Waals surface area contributed by atoms with Crippen LogP contribution in [0.4, 0.5) is 0 Å². The minimum absolute atomic E-state index is 0.0395. The van der Waals surface area contributed by atoms with Crippen LogP contribution in [0.2, 0.25) is 0 Å². The van der Waals surface area contributed by atoms with Crippen LogP contribution in [0.5, 0.6) is 0 Å². The number of carbonyl (C=O) groups is 1. The van der Waals surface area contributed by atoms with Crippen molar-refractivity contribution in [1.29, 1.82) is 0 Å². The summed E-state index contributed by atoms with van der Waals surface area (Å²) in [6.07, 6.45) is 7.92. The lowest BCUT2D eigenvalue weighted by molar-refractivity contribution is -0.121. The van der Waals surface area contributed by atoms with E-state index >= 15 is 0 Å². The van der Waals surface area contributed by atoms with Crippen LogP contribution in [-0.4, -0.2) is 28.0 Å². The highest BCUT2D eigenvalue weighted by Gasteiger charge is 2.03. The van der Waals surface area contributed by atoms with Crippen LogP contribution in [0.3, 0.4) is 0 Å². The van der Waals surface area contributed by atoms with Gasteiger partial charge in [0.15, 0.2) is 0 Å². The van der Waals surface area contributed by atoms with Gasteiger partial charge < -0.3 is 15.6 Å². The average molecular weight is 224 g/mol. The van der Waals surface area contributed by atoms with Crippen molar-refractivity contribution in [2.75, 3.05) is 6.54 Å². The first-order valence-electron chi connectivity index (χ1n) is 5.66. The molecule has 5 nitrogen and oxygen atoms in total. The number of amides is 1. The molecule has 1 rings (SSSR count). The van der Waals surface area contributed by atoms with Crippen LogP contribution in [-0.2, 0) is 11.3 Å². The van der Waals surface area contributed by atoms with Gasteiger partial charge in [0.05, 0.1) is 6.33 Å². The van der Waals surface area contributed by atoms with Gasteiger partial charge in [0.1, 0.15) is 0 Å². The van der Waals surface area contributed by atoms with Gasteiger partial charge in [-0.05, 0) is 19.8 Å². The Morgan fingerprint density at radius 3 is 3.00 bits per heavy atom. The zero-order valence-corrected chi connectivity index (χ0v) is 9.72. The van der Waals surface area contributed by atoms with Gasteiger partial charge in [0.25, 0.3) is 0 Å². The van der Waals surface area contributed by atoms with Crippen molar-refractivity contribution in [2.45, 2.75) is 38.8 Å². The highest BCUT2D eigenvalue weighted by molar-refractivity contribution is 5.76. The van der Waals surface area contributed by atoms with Crippen molar-refractivity contribution in [2.24, 2.45) is 5.73 Å². The molecule has 5 heteroatoms. The maximum Gasteiger partial charge on any atom is 0.221 e. The van der Waals surface area contributed by atoms with E-state index in [1.54, 1.807) is 12.5 Å². The Hall–Kier alpha value is -1.36. The van der Waals surface area contributed by atoms with Crippen molar-refractivity contribution in [1.82, 2.24) is 14.9 Å². The van der Waals surface area contributed by atoms with Gasteiger partial charge in [0, 0.05) is 37.9 Å². The summed E-state index contributed by atoms with van der Waals surface area (Å²) in [5.74, 6) is 0.0395. The Morgan fingerprint density at radius 1 is 1.56 bits per heavy atom. The predicted molar refractivity (Wildman–Crippen MR) is 62.7 cm³/mol. The van der Waals surface area contributed by atoms with Gasteiger partial charge in [-0.25, -0.2) is 4.98 Å². The van der Waals surface area contributed by atoms with E-state index in [4.69, 9.17) is 5.73 Å². The lowest BCUT2D eigenvalue weighted by Crippen LogP contribution is -2.30. The molecule has 0 bridgehead atoms. The molecule has 1 aromatic heterocycles. The maximum atomic E-state index is 11.2. The maximum absolute atomic E-state index is 11.2. The van der Waals surface area contributed by atoms with Gasteiger partial charge >= 0.3 is 0 Å². The summed E-state index contributed by atoms with van der Waals surface area (Å²) in [6.45, 7) is 3.50. The molecule has 0 aliphatic carbocycles. The summed E-state index contributed by atoms with van der Waals surface area (Å²) >= 11 is 0. The molecule has 1 atom stereocenters. The molecule has 16 heavy (non-hydrogen) atoms. The molecule has 0 radical (unpaired) electrons. The lowest BCUT2D eigenvalue weighted by Gasteiger charge is -2.07. The molecular formula is C11H20N4O. The molecule has 0 spiro atoms. The summed E-state index contributed by atoms with van der Waals surface area (Å²) in [6, 6.07) is -0.0639. The van der Waals surface area contributed by atoms with Gasteiger partial charge in [-0.15, -0.1) is 0 Å². The van der Waals surface area contributed by atoms with E-state index in [-0.39, 0.29) is 11.9 Å². The van der Waals surface area contributed by atoms with E-state index in [0.717, 1.165) is 25.9 Å². The quantitative estimate of drug-likeness (QED) is 0.663. The number of hydrogen-bond acceptors (Lipinski definition) is 3. The molecule has 0 saturated carbocycles. The summed E-state index contributed by atoms with van der Waals surface area (Å²) in [4.78, 5) is 15.2. The number of nitrogens with two attached hydrogens (primary N) is 1. The lowest BCUT2D eigenvalue weighted by atomic mass is 10.2. The molecule has 3 N–H and O–H groups in total. The molecule has 1 amide bonds. The number of nitrogens with zero attached hydrogens (tertiary/aromatic N) is 2. The minimum atomic E-state index is -0.0639. The molecule has 1 unspecified atom stereocenters. The molecule has 1 heterocycles. The van der Waals surface area contributed by atoms with Gasteiger partial charge in [-0.1, -0.05) is 0 Å².